The van der Waals surface area contributed by atoms with Crippen molar-refractivity contribution in [2.75, 3.05) is 19.9 Å². The van der Waals surface area contributed by atoms with E-state index in [-0.39, 0.29) is 12.5 Å². The molecule has 1 aromatic carbocycles. The van der Waals surface area contributed by atoms with Gasteiger partial charge in [-0.1, -0.05) is 12.1 Å². The molecule has 0 amide bonds. The van der Waals surface area contributed by atoms with Crippen molar-refractivity contribution in [2.45, 2.75) is 16.7 Å². The summed E-state index contributed by atoms with van der Waals surface area (Å²) < 4.78 is 28.5. The van der Waals surface area contributed by atoms with Gasteiger partial charge in [-0.2, -0.15) is 0 Å². The maximum atomic E-state index is 11.7. The molecule has 0 spiro atoms. The van der Waals surface area contributed by atoms with Crippen LogP contribution in [0.2, 0.25) is 0 Å². The van der Waals surface area contributed by atoms with Crippen LogP contribution in [0.1, 0.15) is 11.5 Å². The molecule has 2 rings (SSSR count). The normalized spacial score (nSPS) is 31.1. The number of hydrogen-bond acceptors (Lipinski definition) is 5. The Labute approximate surface area is 107 Å². The van der Waals surface area contributed by atoms with Gasteiger partial charge in [0.25, 0.3) is 0 Å². The fourth-order valence-electron chi connectivity index (χ4n) is 2.61. The Balaban J connectivity index is 2.33. The van der Waals surface area contributed by atoms with Crippen molar-refractivity contribution in [2.24, 2.45) is 11.5 Å². The SMILES string of the molecule is COc1ccc(C2C(S(C)(=O)=O)C2(N)CN)cc1. The molecule has 0 aromatic heterocycles. The predicted octanol–water partition coefficient (Wildman–Crippen LogP) is -0.138. The Kier molecular flexibility index (Phi) is 3.12. The lowest BCUT2D eigenvalue weighted by molar-refractivity contribution is 0.414. The van der Waals surface area contributed by atoms with Gasteiger partial charge in [0.1, 0.15) is 5.75 Å². The third-order valence-electron chi connectivity index (χ3n) is 3.59. The lowest BCUT2D eigenvalue weighted by atomic mass is 10.1. The molecular weight excluding hydrogens is 252 g/mol. The maximum absolute atomic E-state index is 11.7. The Hall–Kier alpha value is -1.11. The zero-order chi connectivity index (χ0) is 13.6. The minimum atomic E-state index is -3.20. The first-order chi connectivity index (χ1) is 8.34. The van der Waals surface area contributed by atoms with Gasteiger partial charge in [-0.05, 0) is 17.7 Å². The summed E-state index contributed by atoms with van der Waals surface area (Å²) in [6.45, 7) is 0.154. The highest BCUT2D eigenvalue weighted by atomic mass is 32.2. The zero-order valence-electron chi connectivity index (χ0n) is 10.5. The fraction of sp³-hybridized carbons (Fsp3) is 0.500. The smallest absolute Gasteiger partial charge is 0.152 e. The highest BCUT2D eigenvalue weighted by Gasteiger charge is 2.67. The van der Waals surface area contributed by atoms with Crippen molar-refractivity contribution >= 4 is 9.84 Å². The largest absolute Gasteiger partial charge is 0.497 e. The second kappa shape index (κ2) is 4.22. The zero-order valence-corrected chi connectivity index (χ0v) is 11.3. The number of benzene rings is 1. The van der Waals surface area contributed by atoms with E-state index in [1.54, 1.807) is 19.2 Å². The van der Waals surface area contributed by atoms with Gasteiger partial charge >= 0.3 is 0 Å². The van der Waals surface area contributed by atoms with Crippen molar-refractivity contribution in [3.8, 4) is 5.75 Å². The Morgan fingerprint density at radius 1 is 1.33 bits per heavy atom. The van der Waals surface area contributed by atoms with Crippen LogP contribution in [0.25, 0.3) is 0 Å². The molecule has 4 N–H and O–H groups in total. The molecule has 1 aliphatic rings. The number of ether oxygens (including phenoxy) is 1. The van der Waals surface area contributed by atoms with Crippen molar-refractivity contribution in [3.05, 3.63) is 29.8 Å². The number of methoxy groups -OCH3 is 1. The lowest BCUT2D eigenvalue weighted by Gasteiger charge is -2.08. The summed E-state index contributed by atoms with van der Waals surface area (Å²) in [5.74, 6) is 0.495. The molecule has 1 fully saturated rings. The molecule has 100 valence electrons. The molecule has 1 aromatic rings. The maximum Gasteiger partial charge on any atom is 0.152 e. The Bertz CT molecular complexity index is 541. The van der Waals surface area contributed by atoms with Gasteiger partial charge in [-0.15, -0.1) is 0 Å². The molecule has 0 bridgehead atoms. The predicted molar refractivity (Wildman–Crippen MR) is 70.3 cm³/mol. The quantitative estimate of drug-likeness (QED) is 0.794. The summed E-state index contributed by atoms with van der Waals surface area (Å²) in [6.07, 6.45) is 1.21. The van der Waals surface area contributed by atoms with Crippen LogP contribution in [-0.4, -0.2) is 39.1 Å². The van der Waals surface area contributed by atoms with E-state index in [2.05, 4.69) is 0 Å². The summed E-state index contributed by atoms with van der Waals surface area (Å²) in [7, 11) is -1.62. The molecule has 3 atom stereocenters. The van der Waals surface area contributed by atoms with Gasteiger partial charge in [0.05, 0.1) is 17.9 Å². The fourth-order valence-corrected chi connectivity index (χ4v) is 4.47. The number of rotatable bonds is 4. The third kappa shape index (κ3) is 2.00. The van der Waals surface area contributed by atoms with Gasteiger partial charge in [-0.25, -0.2) is 8.42 Å². The van der Waals surface area contributed by atoms with Gasteiger partial charge in [0, 0.05) is 18.7 Å². The molecule has 0 aliphatic heterocycles. The van der Waals surface area contributed by atoms with Crippen LogP contribution in [0, 0.1) is 0 Å². The van der Waals surface area contributed by atoms with Crippen molar-refractivity contribution < 1.29 is 13.2 Å². The standard InChI is InChI=1S/C12H18N2O3S/c1-17-9-5-3-8(4-6-9)10-11(18(2,15)16)12(10,14)7-13/h3-6,10-11H,7,13-14H2,1-2H3. The highest BCUT2D eigenvalue weighted by Crippen LogP contribution is 2.53. The van der Waals surface area contributed by atoms with E-state index in [1.165, 1.54) is 6.26 Å². The van der Waals surface area contributed by atoms with Crippen molar-refractivity contribution in [1.29, 1.82) is 0 Å². The average molecular weight is 270 g/mol. The summed E-state index contributed by atoms with van der Waals surface area (Å²) in [5, 5.41) is -0.594. The van der Waals surface area contributed by atoms with Gasteiger partial charge in [-0.3, -0.25) is 0 Å². The van der Waals surface area contributed by atoms with Gasteiger partial charge in [0.2, 0.25) is 0 Å². The van der Waals surface area contributed by atoms with E-state index in [4.69, 9.17) is 16.2 Å². The first kappa shape index (κ1) is 13.3. The van der Waals surface area contributed by atoms with E-state index in [0.29, 0.717) is 0 Å². The van der Waals surface area contributed by atoms with Crippen molar-refractivity contribution in [1.82, 2.24) is 0 Å². The van der Waals surface area contributed by atoms with Crippen LogP contribution in [0.15, 0.2) is 24.3 Å². The first-order valence-corrected chi connectivity index (χ1v) is 7.62. The Morgan fingerprint density at radius 2 is 1.89 bits per heavy atom. The monoisotopic (exact) mass is 270 g/mol. The molecule has 0 saturated heterocycles. The molecule has 18 heavy (non-hydrogen) atoms. The molecule has 0 radical (unpaired) electrons. The van der Waals surface area contributed by atoms with E-state index < -0.39 is 20.6 Å². The summed E-state index contributed by atoms with van der Waals surface area (Å²) in [4.78, 5) is 0. The number of nitrogens with two attached hydrogens (primary N) is 2. The summed E-state index contributed by atoms with van der Waals surface area (Å²) in [5.41, 5.74) is 11.8. The molecule has 1 saturated carbocycles. The minimum absolute atomic E-state index is 0.154. The highest BCUT2D eigenvalue weighted by molar-refractivity contribution is 7.91. The van der Waals surface area contributed by atoms with Gasteiger partial charge in [0.15, 0.2) is 9.84 Å². The van der Waals surface area contributed by atoms with E-state index >= 15 is 0 Å². The summed E-state index contributed by atoms with van der Waals surface area (Å²) in [6, 6.07) is 7.27. The number of hydrogen-bond donors (Lipinski definition) is 2. The average Bonchev–Trinajstić information content (AvgIpc) is 2.97. The second-order valence-electron chi connectivity index (χ2n) is 4.82. The molecule has 5 nitrogen and oxygen atoms in total. The first-order valence-electron chi connectivity index (χ1n) is 5.66. The van der Waals surface area contributed by atoms with Crippen LogP contribution >= 0.6 is 0 Å². The van der Waals surface area contributed by atoms with Crippen LogP contribution in [0.4, 0.5) is 0 Å². The van der Waals surface area contributed by atoms with Crippen molar-refractivity contribution in [3.63, 3.8) is 0 Å². The molecular formula is C12H18N2O3S. The molecule has 3 unspecified atom stereocenters. The molecule has 1 aliphatic carbocycles. The summed E-state index contributed by atoms with van der Waals surface area (Å²) >= 11 is 0. The van der Waals surface area contributed by atoms with E-state index in [0.717, 1.165) is 11.3 Å². The minimum Gasteiger partial charge on any atom is -0.497 e. The second-order valence-corrected chi connectivity index (χ2v) is 6.98. The van der Waals surface area contributed by atoms with Crippen LogP contribution in [0.5, 0.6) is 5.75 Å². The number of sulfone groups is 1. The molecule has 6 heteroatoms. The Morgan fingerprint density at radius 3 is 2.22 bits per heavy atom. The van der Waals surface area contributed by atoms with Gasteiger partial charge < -0.3 is 16.2 Å². The van der Waals surface area contributed by atoms with Crippen LogP contribution in [-0.2, 0) is 9.84 Å². The van der Waals surface area contributed by atoms with Crippen LogP contribution < -0.4 is 16.2 Å². The molecule has 0 heterocycles. The lowest BCUT2D eigenvalue weighted by Crippen LogP contribution is -2.38. The van der Waals surface area contributed by atoms with Crippen LogP contribution in [0.3, 0.4) is 0 Å². The van der Waals surface area contributed by atoms with E-state index in [9.17, 15) is 8.42 Å². The third-order valence-corrected chi connectivity index (χ3v) is 5.23. The topological polar surface area (TPSA) is 95.4 Å². The van der Waals surface area contributed by atoms with E-state index in [1.807, 2.05) is 12.1 Å².